The van der Waals surface area contributed by atoms with E-state index in [2.05, 4.69) is 19.1 Å². The molecule has 0 aliphatic rings. The summed E-state index contributed by atoms with van der Waals surface area (Å²) in [5, 5.41) is 0. The summed E-state index contributed by atoms with van der Waals surface area (Å²) >= 11 is 0. The van der Waals surface area contributed by atoms with Crippen LogP contribution in [0.4, 0.5) is 0 Å². The summed E-state index contributed by atoms with van der Waals surface area (Å²) < 4.78 is 10.6. The minimum atomic E-state index is 0.830. The number of hydrogen-bond donors (Lipinski definition) is 0. The van der Waals surface area contributed by atoms with E-state index in [1.165, 1.54) is 5.56 Å². The molecule has 0 unspecified atom stereocenters. The normalized spacial score (nSPS) is 10.0. The van der Waals surface area contributed by atoms with E-state index in [1.807, 2.05) is 6.92 Å². The summed E-state index contributed by atoms with van der Waals surface area (Å²) in [5.41, 5.74) is 2.44. The Bertz CT molecular complexity index is 305. The van der Waals surface area contributed by atoms with Crippen LogP contribution in [-0.4, -0.2) is 14.2 Å². The van der Waals surface area contributed by atoms with Gasteiger partial charge in [-0.05, 0) is 30.5 Å². The smallest absolute Gasteiger partial charge is 0.163 e. The zero-order chi connectivity index (χ0) is 10.6. The zero-order valence-electron chi connectivity index (χ0n) is 9.39. The minimum Gasteiger partial charge on any atom is -0.493 e. The van der Waals surface area contributed by atoms with Gasteiger partial charge in [-0.1, -0.05) is 19.4 Å². The molecule has 0 radical (unpaired) electrons. The molecule has 0 heterocycles. The Morgan fingerprint density at radius 1 is 1.14 bits per heavy atom. The van der Waals surface area contributed by atoms with Crippen molar-refractivity contribution >= 4 is 0 Å². The van der Waals surface area contributed by atoms with Crippen molar-refractivity contribution in [2.45, 2.75) is 26.7 Å². The maximum absolute atomic E-state index is 5.28. The van der Waals surface area contributed by atoms with Crippen molar-refractivity contribution in [3.8, 4) is 11.5 Å². The molecule has 1 rings (SSSR count). The van der Waals surface area contributed by atoms with Crippen LogP contribution in [0.25, 0.3) is 0 Å². The van der Waals surface area contributed by atoms with Gasteiger partial charge < -0.3 is 9.47 Å². The lowest BCUT2D eigenvalue weighted by molar-refractivity contribution is 0.352. The maximum Gasteiger partial charge on any atom is 0.163 e. The molecule has 0 aromatic heterocycles. The molecule has 0 fully saturated rings. The van der Waals surface area contributed by atoms with E-state index in [4.69, 9.17) is 9.47 Å². The van der Waals surface area contributed by atoms with E-state index in [0.29, 0.717) is 0 Å². The van der Waals surface area contributed by atoms with Crippen LogP contribution in [-0.2, 0) is 6.42 Å². The highest BCUT2D eigenvalue weighted by Crippen LogP contribution is 2.32. The SMILES string of the molecule is CCCc1cc(C)c(OC)c(OC)c1. The summed E-state index contributed by atoms with van der Waals surface area (Å²) in [6, 6.07) is 4.21. The van der Waals surface area contributed by atoms with Gasteiger partial charge in [-0.3, -0.25) is 0 Å². The van der Waals surface area contributed by atoms with Crippen LogP contribution in [0.3, 0.4) is 0 Å². The molecule has 0 saturated heterocycles. The molecular weight excluding hydrogens is 176 g/mol. The monoisotopic (exact) mass is 194 g/mol. The molecule has 1 aromatic carbocycles. The molecule has 0 amide bonds. The minimum absolute atomic E-state index is 0.830. The third-order valence-electron chi connectivity index (χ3n) is 2.26. The summed E-state index contributed by atoms with van der Waals surface area (Å²) in [4.78, 5) is 0. The van der Waals surface area contributed by atoms with Crippen molar-refractivity contribution in [3.05, 3.63) is 23.3 Å². The first kappa shape index (κ1) is 10.9. The predicted molar refractivity (Wildman–Crippen MR) is 58.3 cm³/mol. The third kappa shape index (κ3) is 2.19. The van der Waals surface area contributed by atoms with Crippen molar-refractivity contribution in [1.29, 1.82) is 0 Å². The van der Waals surface area contributed by atoms with Crippen LogP contribution in [0.5, 0.6) is 11.5 Å². The first-order valence-electron chi connectivity index (χ1n) is 4.94. The van der Waals surface area contributed by atoms with Crippen LogP contribution in [0, 0.1) is 6.92 Å². The van der Waals surface area contributed by atoms with Gasteiger partial charge in [-0.2, -0.15) is 0 Å². The van der Waals surface area contributed by atoms with Crippen LogP contribution in [0.2, 0.25) is 0 Å². The van der Waals surface area contributed by atoms with Gasteiger partial charge in [0.15, 0.2) is 11.5 Å². The van der Waals surface area contributed by atoms with E-state index < -0.39 is 0 Å². The predicted octanol–water partition coefficient (Wildman–Crippen LogP) is 2.96. The highest BCUT2D eigenvalue weighted by atomic mass is 16.5. The van der Waals surface area contributed by atoms with Crippen LogP contribution in [0.15, 0.2) is 12.1 Å². The third-order valence-corrected chi connectivity index (χ3v) is 2.26. The van der Waals surface area contributed by atoms with Crippen molar-refractivity contribution in [3.63, 3.8) is 0 Å². The van der Waals surface area contributed by atoms with Crippen molar-refractivity contribution in [2.24, 2.45) is 0 Å². The van der Waals surface area contributed by atoms with Gasteiger partial charge in [-0.15, -0.1) is 0 Å². The van der Waals surface area contributed by atoms with Crippen molar-refractivity contribution in [1.82, 2.24) is 0 Å². The fourth-order valence-electron chi connectivity index (χ4n) is 1.66. The second-order valence-corrected chi connectivity index (χ2v) is 3.40. The lowest BCUT2D eigenvalue weighted by atomic mass is 10.1. The van der Waals surface area contributed by atoms with Gasteiger partial charge in [-0.25, -0.2) is 0 Å². The molecule has 2 nitrogen and oxygen atoms in total. The summed E-state index contributed by atoms with van der Waals surface area (Å²) in [6.45, 7) is 4.21. The fourth-order valence-corrected chi connectivity index (χ4v) is 1.66. The second-order valence-electron chi connectivity index (χ2n) is 3.40. The van der Waals surface area contributed by atoms with Gasteiger partial charge in [0, 0.05) is 0 Å². The Hall–Kier alpha value is -1.18. The van der Waals surface area contributed by atoms with Crippen LogP contribution >= 0.6 is 0 Å². The quantitative estimate of drug-likeness (QED) is 0.733. The van der Waals surface area contributed by atoms with Crippen LogP contribution < -0.4 is 9.47 Å². The van der Waals surface area contributed by atoms with Crippen molar-refractivity contribution in [2.75, 3.05) is 14.2 Å². The Morgan fingerprint density at radius 3 is 2.36 bits per heavy atom. The highest BCUT2D eigenvalue weighted by molar-refractivity contribution is 5.48. The highest BCUT2D eigenvalue weighted by Gasteiger charge is 2.08. The Morgan fingerprint density at radius 2 is 1.86 bits per heavy atom. The number of hydrogen-bond acceptors (Lipinski definition) is 2. The average Bonchev–Trinajstić information content (AvgIpc) is 2.17. The first-order valence-corrected chi connectivity index (χ1v) is 4.94. The Balaban J connectivity index is 3.10. The van der Waals surface area contributed by atoms with E-state index in [1.54, 1.807) is 14.2 Å². The zero-order valence-corrected chi connectivity index (χ0v) is 9.39. The van der Waals surface area contributed by atoms with Gasteiger partial charge in [0.25, 0.3) is 0 Å². The van der Waals surface area contributed by atoms with E-state index >= 15 is 0 Å². The van der Waals surface area contributed by atoms with E-state index in [-0.39, 0.29) is 0 Å². The van der Waals surface area contributed by atoms with Crippen LogP contribution in [0.1, 0.15) is 24.5 Å². The van der Waals surface area contributed by atoms with Crippen molar-refractivity contribution < 1.29 is 9.47 Å². The lowest BCUT2D eigenvalue weighted by Gasteiger charge is -2.12. The van der Waals surface area contributed by atoms with Gasteiger partial charge >= 0.3 is 0 Å². The number of ether oxygens (including phenoxy) is 2. The largest absolute Gasteiger partial charge is 0.493 e. The molecule has 2 heteroatoms. The molecule has 0 bridgehead atoms. The number of aryl methyl sites for hydroxylation is 2. The topological polar surface area (TPSA) is 18.5 Å². The van der Waals surface area contributed by atoms with Gasteiger partial charge in [0.1, 0.15) is 0 Å². The molecule has 0 spiro atoms. The second kappa shape index (κ2) is 4.89. The summed E-state index contributed by atoms with van der Waals surface area (Å²) in [5.74, 6) is 1.67. The fraction of sp³-hybridized carbons (Fsp3) is 0.500. The van der Waals surface area contributed by atoms with Gasteiger partial charge in [0.05, 0.1) is 14.2 Å². The van der Waals surface area contributed by atoms with E-state index in [9.17, 15) is 0 Å². The number of rotatable bonds is 4. The molecule has 1 aromatic rings. The molecule has 78 valence electrons. The molecule has 0 saturated carbocycles. The average molecular weight is 194 g/mol. The first-order chi connectivity index (χ1) is 6.72. The summed E-state index contributed by atoms with van der Waals surface area (Å²) in [7, 11) is 3.34. The maximum atomic E-state index is 5.28. The Kier molecular flexibility index (Phi) is 3.81. The molecule has 0 N–H and O–H groups in total. The molecule has 0 aliphatic carbocycles. The summed E-state index contributed by atoms with van der Waals surface area (Å²) in [6.07, 6.45) is 2.23. The lowest BCUT2D eigenvalue weighted by Crippen LogP contribution is -1.95. The molecule has 0 aliphatic heterocycles. The van der Waals surface area contributed by atoms with Gasteiger partial charge in [0.2, 0.25) is 0 Å². The molecule has 0 atom stereocenters. The molecular formula is C12H18O2. The Labute approximate surface area is 85.8 Å². The number of methoxy groups -OCH3 is 2. The van der Waals surface area contributed by atoms with E-state index in [0.717, 1.165) is 29.9 Å². The number of benzene rings is 1. The molecule has 14 heavy (non-hydrogen) atoms. The standard InChI is InChI=1S/C12H18O2/c1-5-6-10-7-9(2)12(14-4)11(8-10)13-3/h7-8H,5-6H2,1-4H3.